The predicted octanol–water partition coefficient (Wildman–Crippen LogP) is 6.84. The van der Waals surface area contributed by atoms with Crippen molar-refractivity contribution in [3.8, 4) is 16.9 Å². The molecule has 0 aliphatic carbocycles. The second-order valence-corrected chi connectivity index (χ2v) is 7.77. The molecule has 0 saturated carbocycles. The molecule has 0 unspecified atom stereocenters. The second-order valence-electron chi connectivity index (χ2n) is 7.77. The molecule has 0 spiro atoms. The molecular weight excluding hydrogens is 382 g/mol. The van der Waals surface area contributed by atoms with Gasteiger partial charge in [0.05, 0.1) is 22.2 Å². The van der Waals surface area contributed by atoms with E-state index in [0.29, 0.717) is 5.84 Å². The minimum Gasteiger partial charge on any atom is -0.423 e. The first-order valence-corrected chi connectivity index (χ1v) is 10.3. The molecule has 4 heteroatoms. The monoisotopic (exact) mass is 399 g/mol. The molecule has 0 amide bonds. The maximum Gasteiger partial charge on any atom is 0.307 e. The van der Waals surface area contributed by atoms with Gasteiger partial charge < -0.3 is 8.98 Å². The molecule has 31 heavy (non-hydrogen) atoms. The van der Waals surface area contributed by atoms with Crippen molar-refractivity contribution >= 4 is 38.7 Å². The van der Waals surface area contributed by atoms with Crippen LogP contribution in [0, 0.1) is 0 Å². The summed E-state index contributed by atoms with van der Waals surface area (Å²) in [5.41, 5.74) is 7.33. The van der Waals surface area contributed by atoms with E-state index in [1.165, 1.54) is 21.8 Å². The van der Waals surface area contributed by atoms with Gasteiger partial charge in [-0.3, -0.25) is 4.40 Å². The minimum absolute atomic E-state index is 0.610. The molecule has 146 valence electrons. The summed E-state index contributed by atoms with van der Waals surface area (Å²) in [7, 11) is 0. The highest BCUT2D eigenvalue weighted by atomic mass is 16.4. The van der Waals surface area contributed by atoms with Gasteiger partial charge in [-0.2, -0.15) is 4.98 Å². The van der Waals surface area contributed by atoms with Crippen molar-refractivity contribution in [2.75, 3.05) is 0 Å². The van der Waals surface area contributed by atoms with Crippen LogP contribution in [0.2, 0.25) is 0 Å². The van der Waals surface area contributed by atoms with E-state index in [0.717, 1.165) is 28.0 Å². The molecule has 7 aromatic rings. The third kappa shape index (κ3) is 2.33. The summed E-state index contributed by atoms with van der Waals surface area (Å²) in [6, 6.07) is 33.7. The summed E-state index contributed by atoms with van der Waals surface area (Å²) < 4.78 is 10.3. The maximum absolute atomic E-state index is 5.92. The smallest absolute Gasteiger partial charge is 0.307 e. The molecule has 3 aromatic heterocycles. The Balaban J connectivity index is 1.45. The zero-order valence-corrected chi connectivity index (χ0v) is 16.6. The summed E-state index contributed by atoms with van der Waals surface area (Å²) >= 11 is 0. The molecule has 4 aromatic carbocycles. The number of aromatic nitrogens is 3. The molecule has 0 atom stereocenters. The Labute approximate surface area is 177 Å². The van der Waals surface area contributed by atoms with Crippen LogP contribution < -0.4 is 0 Å². The van der Waals surface area contributed by atoms with Gasteiger partial charge in [-0.1, -0.05) is 60.7 Å². The topological polar surface area (TPSA) is 35.4 Å². The normalized spacial score (nSPS) is 11.9. The average molecular weight is 399 g/mol. The zero-order valence-electron chi connectivity index (χ0n) is 16.6. The van der Waals surface area contributed by atoms with Crippen LogP contribution >= 0.6 is 0 Å². The van der Waals surface area contributed by atoms with E-state index >= 15 is 0 Å². The molecule has 0 saturated heterocycles. The van der Waals surface area contributed by atoms with E-state index in [1.54, 1.807) is 0 Å². The van der Waals surface area contributed by atoms with Crippen molar-refractivity contribution in [1.29, 1.82) is 0 Å². The lowest BCUT2D eigenvalue weighted by Gasteiger charge is -2.09. The molecule has 4 nitrogen and oxygen atoms in total. The predicted molar refractivity (Wildman–Crippen MR) is 125 cm³/mol. The van der Waals surface area contributed by atoms with Gasteiger partial charge in [-0.25, -0.2) is 0 Å². The van der Waals surface area contributed by atoms with Crippen molar-refractivity contribution in [3.63, 3.8) is 0 Å². The lowest BCUT2D eigenvalue weighted by atomic mass is 10.1. The summed E-state index contributed by atoms with van der Waals surface area (Å²) in [5, 5.41) is 2.52. The van der Waals surface area contributed by atoms with E-state index in [4.69, 9.17) is 9.40 Å². The molecule has 0 bridgehead atoms. The van der Waals surface area contributed by atoms with Gasteiger partial charge in [0.1, 0.15) is 0 Å². The first-order chi connectivity index (χ1) is 15.4. The summed E-state index contributed by atoms with van der Waals surface area (Å²) in [5.74, 6) is 0.610. The quantitative estimate of drug-likeness (QED) is 0.319. The standard InChI is InChI=1S/C27H17N3O/c1-3-12-23-20(10-1)21-11-2-4-13-24(21)30(23)19-9-7-8-18(16-19)22-17-29-25-14-5-6-15-26(25)31-27(29)28-22/h1-17H. The molecule has 3 heterocycles. The van der Waals surface area contributed by atoms with Crippen LogP contribution in [0.5, 0.6) is 0 Å². The maximum atomic E-state index is 5.92. The Morgan fingerprint density at radius 3 is 2.10 bits per heavy atom. The number of nitrogens with zero attached hydrogens (tertiary/aromatic N) is 3. The van der Waals surface area contributed by atoms with Gasteiger partial charge in [0, 0.05) is 28.2 Å². The van der Waals surface area contributed by atoms with E-state index in [9.17, 15) is 0 Å². The van der Waals surface area contributed by atoms with Gasteiger partial charge >= 0.3 is 5.84 Å². The van der Waals surface area contributed by atoms with E-state index in [1.807, 2.05) is 34.9 Å². The third-order valence-corrected chi connectivity index (χ3v) is 5.98. The lowest BCUT2D eigenvalue weighted by molar-refractivity contribution is 0.642. The number of oxazole rings is 1. The molecule has 0 radical (unpaired) electrons. The fourth-order valence-corrected chi connectivity index (χ4v) is 4.59. The third-order valence-electron chi connectivity index (χ3n) is 5.98. The first kappa shape index (κ1) is 16.5. The number of rotatable bonds is 2. The van der Waals surface area contributed by atoms with Gasteiger partial charge in [0.25, 0.3) is 0 Å². The van der Waals surface area contributed by atoms with E-state index < -0.39 is 0 Å². The van der Waals surface area contributed by atoms with Crippen molar-refractivity contribution < 1.29 is 4.42 Å². The van der Waals surface area contributed by atoms with Crippen molar-refractivity contribution in [2.45, 2.75) is 0 Å². The fourth-order valence-electron chi connectivity index (χ4n) is 4.59. The Kier molecular flexibility index (Phi) is 3.24. The molecule has 0 fully saturated rings. The summed E-state index contributed by atoms with van der Waals surface area (Å²) in [6.07, 6.45) is 2.05. The van der Waals surface area contributed by atoms with Gasteiger partial charge in [-0.05, 0) is 36.4 Å². The molecular formula is C27H17N3O. The summed E-state index contributed by atoms with van der Waals surface area (Å²) in [6.45, 7) is 0. The Morgan fingerprint density at radius 1 is 0.645 bits per heavy atom. The van der Waals surface area contributed by atoms with Crippen LogP contribution in [0.1, 0.15) is 0 Å². The fraction of sp³-hybridized carbons (Fsp3) is 0. The summed E-state index contributed by atoms with van der Waals surface area (Å²) in [4.78, 5) is 4.75. The Morgan fingerprint density at radius 2 is 1.32 bits per heavy atom. The van der Waals surface area contributed by atoms with Crippen LogP contribution in [0.4, 0.5) is 0 Å². The van der Waals surface area contributed by atoms with Crippen LogP contribution in [-0.4, -0.2) is 14.0 Å². The Bertz CT molecular complexity index is 1700. The van der Waals surface area contributed by atoms with Crippen LogP contribution in [0.15, 0.2) is 108 Å². The van der Waals surface area contributed by atoms with Crippen molar-refractivity contribution in [2.24, 2.45) is 0 Å². The van der Waals surface area contributed by atoms with Crippen LogP contribution in [0.25, 0.3) is 55.7 Å². The zero-order chi connectivity index (χ0) is 20.4. The van der Waals surface area contributed by atoms with Crippen LogP contribution in [-0.2, 0) is 0 Å². The number of imidazole rings is 1. The average Bonchev–Trinajstić information content (AvgIpc) is 3.48. The molecule has 0 aliphatic rings. The first-order valence-electron chi connectivity index (χ1n) is 10.3. The van der Waals surface area contributed by atoms with E-state index in [2.05, 4.69) is 77.4 Å². The Hall–Kier alpha value is -4.31. The van der Waals surface area contributed by atoms with Gasteiger partial charge in [0.2, 0.25) is 0 Å². The number of hydrogen-bond donors (Lipinski definition) is 0. The van der Waals surface area contributed by atoms with Crippen molar-refractivity contribution in [1.82, 2.24) is 14.0 Å². The van der Waals surface area contributed by atoms with Crippen LogP contribution in [0.3, 0.4) is 0 Å². The highest BCUT2D eigenvalue weighted by Crippen LogP contribution is 2.33. The molecule has 0 aliphatic heterocycles. The van der Waals surface area contributed by atoms with E-state index in [-0.39, 0.29) is 0 Å². The number of fused-ring (bicyclic) bond motifs is 6. The molecule has 7 rings (SSSR count). The highest BCUT2D eigenvalue weighted by molar-refractivity contribution is 6.09. The number of hydrogen-bond acceptors (Lipinski definition) is 2. The SMILES string of the molecule is c1cc(-c2cn3c(n2)oc2ccccc23)cc(-n2c3ccccc3c3ccccc32)c1. The van der Waals surface area contributed by atoms with Crippen molar-refractivity contribution in [3.05, 3.63) is 103 Å². The van der Waals surface area contributed by atoms with Gasteiger partial charge in [0.15, 0.2) is 5.58 Å². The second kappa shape index (κ2) is 6.09. The number of para-hydroxylation sites is 4. The highest BCUT2D eigenvalue weighted by Gasteiger charge is 2.14. The lowest BCUT2D eigenvalue weighted by Crippen LogP contribution is -1.94. The minimum atomic E-state index is 0.610. The number of benzene rings is 4. The largest absolute Gasteiger partial charge is 0.423 e. The van der Waals surface area contributed by atoms with Gasteiger partial charge in [-0.15, -0.1) is 0 Å². The molecule has 0 N–H and O–H groups in total.